The van der Waals surface area contributed by atoms with Gasteiger partial charge in [0.1, 0.15) is 0 Å². The summed E-state index contributed by atoms with van der Waals surface area (Å²) >= 11 is 0. The number of hydrogen-bond donors (Lipinski definition) is 2. The second kappa shape index (κ2) is 6.53. The predicted molar refractivity (Wildman–Crippen MR) is 79.6 cm³/mol. The fourth-order valence-electron chi connectivity index (χ4n) is 2.64. The lowest BCUT2D eigenvalue weighted by atomic mass is 10.2. The molecule has 2 rings (SSSR count). The molecule has 0 unspecified atom stereocenters. The van der Waals surface area contributed by atoms with E-state index in [0.717, 1.165) is 0 Å². The lowest BCUT2D eigenvalue weighted by molar-refractivity contribution is -0.127. The van der Waals surface area contributed by atoms with Gasteiger partial charge in [0, 0.05) is 24.9 Å². The highest BCUT2D eigenvalue weighted by Crippen LogP contribution is 2.12. The van der Waals surface area contributed by atoms with Crippen molar-refractivity contribution in [2.75, 3.05) is 23.0 Å². The molecule has 126 valence electrons. The van der Waals surface area contributed by atoms with E-state index >= 15 is 0 Å². The summed E-state index contributed by atoms with van der Waals surface area (Å²) in [6.45, 7) is 0. The van der Waals surface area contributed by atoms with Crippen LogP contribution in [0.25, 0.3) is 0 Å². The van der Waals surface area contributed by atoms with E-state index < -0.39 is 19.7 Å². The van der Waals surface area contributed by atoms with Crippen molar-refractivity contribution < 1.29 is 26.4 Å². The van der Waals surface area contributed by atoms with E-state index in [-0.39, 0.29) is 59.8 Å². The molecule has 2 amide bonds. The van der Waals surface area contributed by atoms with E-state index in [1.165, 1.54) is 0 Å². The molecule has 2 heterocycles. The van der Waals surface area contributed by atoms with Crippen LogP contribution in [-0.2, 0) is 29.3 Å². The largest absolute Gasteiger partial charge is 0.352 e. The van der Waals surface area contributed by atoms with E-state index in [0.29, 0.717) is 12.8 Å². The number of rotatable bonds is 5. The molecule has 22 heavy (non-hydrogen) atoms. The van der Waals surface area contributed by atoms with Crippen LogP contribution >= 0.6 is 0 Å². The van der Waals surface area contributed by atoms with Crippen molar-refractivity contribution in [3.63, 3.8) is 0 Å². The molecule has 2 atom stereocenters. The van der Waals surface area contributed by atoms with Gasteiger partial charge in [-0.05, 0) is 12.8 Å². The highest BCUT2D eigenvalue weighted by Gasteiger charge is 2.30. The van der Waals surface area contributed by atoms with Gasteiger partial charge in [0.25, 0.3) is 0 Å². The van der Waals surface area contributed by atoms with Gasteiger partial charge in [-0.3, -0.25) is 9.59 Å². The van der Waals surface area contributed by atoms with Crippen LogP contribution in [0.1, 0.15) is 25.7 Å². The van der Waals surface area contributed by atoms with Crippen molar-refractivity contribution in [2.45, 2.75) is 37.8 Å². The third-order valence-electron chi connectivity index (χ3n) is 3.77. The second-order valence-corrected chi connectivity index (χ2v) is 10.3. The van der Waals surface area contributed by atoms with Gasteiger partial charge in [-0.1, -0.05) is 0 Å². The summed E-state index contributed by atoms with van der Waals surface area (Å²) in [4.78, 5) is 23.3. The second-order valence-electron chi connectivity index (χ2n) is 5.83. The minimum absolute atomic E-state index is 0.0398. The molecule has 2 aliphatic heterocycles. The van der Waals surface area contributed by atoms with Crippen LogP contribution in [0.5, 0.6) is 0 Å². The number of carbonyl (C=O) groups is 2. The topological polar surface area (TPSA) is 126 Å². The summed E-state index contributed by atoms with van der Waals surface area (Å²) in [5.41, 5.74) is 0. The summed E-state index contributed by atoms with van der Waals surface area (Å²) in [6, 6.07) is -0.749. The van der Waals surface area contributed by atoms with Crippen molar-refractivity contribution in [3.8, 4) is 0 Å². The molecule has 0 aromatic carbocycles. The number of amides is 2. The first kappa shape index (κ1) is 17.2. The van der Waals surface area contributed by atoms with Crippen molar-refractivity contribution in [3.05, 3.63) is 0 Å². The first-order chi connectivity index (χ1) is 10.2. The van der Waals surface area contributed by atoms with Gasteiger partial charge in [0.05, 0.1) is 23.0 Å². The molecule has 0 aliphatic carbocycles. The van der Waals surface area contributed by atoms with Crippen LogP contribution in [0.4, 0.5) is 0 Å². The van der Waals surface area contributed by atoms with Gasteiger partial charge in [0.2, 0.25) is 11.8 Å². The van der Waals surface area contributed by atoms with Crippen molar-refractivity contribution in [2.24, 2.45) is 0 Å². The first-order valence-electron chi connectivity index (χ1n) is 7.15. The Balaban J connectivity index is 1.67. The van der Waals surface area contributed by atoms with Crippen molar-refractivity contribution >= 4 is 31.5 Å². The Labute approximate surface area is 129 Å². The first-order valence-corrected chi connectivity index (χ1v) is 10.8. The molecule has 0 spiro atoms. The highest BCUT2D eigenvalue weighted by molar-refractivity contribution is 7.91. The summed E-state index contributed by atoms with van der Waals surface area (Å²) in [5, 5.41) is 5.21. The Hall–Kier alpha value is -1.16. The molecule has 2 saturated heterocycles. The molecule has 0 aromatic heterocycles. The molecule has 2 aliphatic rings. The van der Waals surface area contributed by atoms with Crippen molar-refractivity contribution in [1.29, 1.82) is 0 Å². The Kier molecular flexibility index (Phi) is 5.10. The molecular weight excluding hydrogens is 332 g/mol. The Morgan fingerprint density at radius 1 is 0.773 bits per heavy atom. The quantitative estimate of drug-likeness (QED) is 0.612. The normalized spacial score (nSPS) is 29.1. The Morgan fingerprint density at radius 3 is 1.41 bits per heavy atom. The van der Waals surface area contributed by atoms with E-state index in [2.05, 4.69) is 10.6 Å². The zero-order valence-corrected chi connectivity index (χ0v) is 13.7. The van der Waals surface area contributed by atoms with Crippen molar-refractivity contribution in [1.82, 2.24) is 10.6 Å². The molecule has 2 N–H and O–H groups in total. The molecule has 0 saturated carbocycles. The van der Waals surface area contributed by atoms with Gasteiger partial charge >= 0.3 is 0 Å². The van der Waals surface area contributed by atoms with Crippen LogP contribution in [0.2, 0.25) is 0 Å². The van der Waals surface area contributed by atoms with Crippen LogP contribution in [0.3, 0.4) is 0 Å². The molecule has 8 nitrogen and oxygen atoms in total. The van der Waals surface area contributed by atoms with Gasteiger partial charge in [0.15, 0.2) is 19.7 Å². The summed E-state index contributed by atoms with van der Waals surface area (Å²) in [5.74, 6) is -0.675. The minimum Gasteiger partial charge on any atom is -0.352 e. The number of carbonyl (C=O) groups excluding carboxylic acids is 2. The van der Waals surface area contributed by atoms with Gasteiger partial charge in [-0.15, -0.1) is 0 Å². The fraction of sp³-hybridized carbons (Fsp3) is 0.833. The molecule has 10 heteroatoms. The molecule has 0 radical (unpaired) electrons. The van der Waals surface area contributed by atoms with E-state index in [1.807, 2.05) is 0 Å². The summed E-state index contributed by atoms with van der Waals surface area (Å²) < 4.78 is 45.1. The molecule has 0 bridgehead atoms. The average molecular weight is 352 g/mol. The van der Waals surface area contributed by atoms with E-state index in [9.17, 15) is 26.4 Å². The maximum absolute atomic E-state index is 11.7. The van der Waals surface area contributed by atoms with E-state index in [1.54, 1.807) is 0 Å². The smallest absolute Gasteiger partial charge is 0.220 e. The Bertz CT molecular complexity index is 597. The number of nitrogens with one attached hydrogen (secondary N) is 2. The lowest BCUT2D eigenvalue weighted by Crippen LogP contribution is -2.38. The van der Waals surface area contributed by atoms with Crippen LogP contribution in [0, 0.1) is 0 Å². The van der Waals surface area contributed by atoms with Gasteiger partial charge < -0.3 is 10.6 Å². The standard InChI is InChI=1S/C12H20N2O6S2/c15-11(13-9-3-5-21(17,18)7-9)1-2-12(16)14-10-4-6-22(19,20)8-10/h9-10H,1-8H2,(H,13,15)(H,14,16)/t9-,10+. The molecule has 2 fully saturated rings. The minimum atomic E-state index is -3.05. The fourth-order valence-corrected chi connectivity index (χ4v) is 5.99. The SMILES string of the molecule is O=C(CCC(=O)N[C@H]1CCS(=O)(=O)C1)N[C@@H]1CCS(=O)(=O)C1. The monoisotopic (exact) mass is 352 g/mol. The third kappa shape index (κ3) is 5.24. The van der Waals surface area contributed by atoms with Gasteiger partial charge in [-0.25, -0.2) is 16.8 Å². The zero-order chi connectivity index (χ0) is 16.4. The number of hydrogen-bond acceptors (Lipinski definition) is 6. The summed E-state index contributed by atoms with van der Waals surface area (Å²) in [6.07, 6.45) is 0.726. The predicted octanol–water partition coefficient (Wildman–Crippen LogP) is -1.63. The maximum atomic E-state index is 11.7. The van der Waals surface area contributed by atoms with E-state index in [4.69, 9.17) is 0 Å². The third-order valence-corrected chi connectivity index (χ3v) is 7.31. The Morgan fingerprint density at radius 2 is 1.14 bits per heavy atom. The van der Waals surface area contributed by atoms with Crippen LogP contribution in [-0.4, -0.2) is 63.7 Å². The van der Waals surface area contributed by atoms with Crippen LogP contribution in [0.15, 0.2) is 0 Å². The average Bonchev–Trinajstić information content (AvgIpc) is 2.89. The molecule has 0 aromatic rings. The maximum Gasteiger partial charge on any atom is 0.220 e. The number of sulfone groups is 2. The zero-order valence-electron chi connectivity index (χ0n) is 12.1. The highest BCUT2D eigenvalue weighted by atomic mass is 32.2. The van der Waals surface area contributed by atoms with Gasteiger partial charge in [-0.2, -0.15) is 0 Å². The lowest BCUT2D eigenvalue weighted by Gasteiger charge is -2.12. The molecular formula is C12H20N2O6S2. The summed E-state index contributed by atoms with van der Waals surface area (Å²) in [7, 11) is -6.10. The van der Waals surface area contributed by atoms with Crippen LogP contribution < -0.4 is 10.6 Å².